The third-order valence-electron chi connectivity index (χ3n) is 4.83. The number of aryl methyl sites for hydroxylation is 1. The molecule has 8 nitrogen and oxygen atoms in total. The Kier molecular flexibility index (Phi) is 7.34. The molecule has 3 rings (SSSR count). The molecule has 3 aromatic rings. The SMILES string of the molecule is COc1ccc(N(CC(=O)Nc2ccccc2C)S(=O)(=O)c2ccc(NC(C)=O)cc2)cc1. The van der Waals surface area contributed by atoms with Crippen LogP contribution in [0.5, 0.6) is 5.75 Å². The Morgan fingerprint density at radius 2 is 1.55 bits per heavy atom. The van der Waals surface area contributed by atoms with Gasteiger partial charge in [-0.3, -0.25) is 13.9 Å². The van der Waals surface area contributed by atoms with E-state index in [4.69, 9.17) is 4.74 Å². The smallest absolute Gasteiger partial charge is 0.264 e. The molecule has 0 atom stereocenters. The Bertz CT molecular complexity index is 1240. The molecule has 2 amide bonds. The number of carbonyl (C=O) groups is 2. The van der Waals surface area contributed by atoms with Gasteiger partial charge < -0.3 is 15.4 Å². The van der Waals surface area contributed by atoms with Crippen molar-refractivity contribution in [1.82, 2.24) is 0 Å². The van der Waals surface area contributed by atoms with Crippen LogP contribution in [0.15, 0.2) is 77.7 Å². The van der Waals surface area contributed by atoms with Gasteiger partial charge in [-0.25, -0.2) is 8.42 Å². The summed E-state index contributed by atoms with van der Waals surface area (Å²) in [7, 11) is -2.59. The first kappa shape index (κ1) is 23.8. The molecule has 3 aromatic carbocycles. The number of nitrogens with zero attached hydrogens (tertiary/aromatic N) is 1. The van der Waals surface area contributed by atoms with Crippen molar-refractivity contribution in [3.63, 3.8) is 0 Å². The molecule has 0 fully saturated rings. The average molecular weight is 468 g/mol. The number of benzene rings is 3. The molecule has 172 valence electrons. The Balaban J connectivity index is 1.94. The first-order chi connectivity index (χ1) is 15.7. The molecular formula is C24H25N3O5S. The summed E-state index contributed by atoms with van der Waals surface area (Å²) in [6.45, 7) is 2.78. The van der Waals surface area contributed by atoms with Gasteiger partial charge >= 0.3 is 0 Å². The molecule has 0 bridgehead atoms. The zero-order chi connectivity index (χ0) is 24.0. The highest BCUT2D eigenvalue weighted by molar-refractivity contribution is 7.92. The van der Waals surface area contributed by atoms with E-state index in [0.29, 0.717) is 22.8 Å². The zero-order valence-corrected chi connectivity index (χ0v) is 19.3. The van der Waals surface area contributed by atoms with Crippen molar-refractivity contribution < 1.29 is 22.7 Å². The topological polar surface area (TPSA) is 105 Å². The van der Waals surface area contributed by atoms with Crippen LogP contribution in [0.3, 0.4) is 0 Å². The lowest BCUT2D eigenvalue weighted by atomic mass is 10.2. The number of hydrogen-bond acceptors (Lipinski definition) is 5. The molecule has 0 aliphatic heterocycles. The summed E-state index contributed by atoms with van der Waals surface area (Å²) in [5.74, 6) is -0.197. The van der Waals surface area contributed by atoms with Gasteiger partial charge in [-0.05, 0) is 67.1 Å². The van der Waals surface area contributed by atoms with Crippen LogP contribution in [-0.2, 0) is 19.6 Å². The Morgan fingerprint density at radius 1 is 0.909 bits per heavy atom. The van der Waals surface area contributed by atoms with E-state index in [-0.39, 0.29) is 10.8 Å². The summed E-state index contributed by atoms with van der Waals surface area (Å²) < 4.78 is 33.2. The van der Waals surface area contributed by atoms with Crippen LogP contribution in [0.25, 0.3) is 0 Å². The van der Waals surface area contributed by atoms with E-state index < -0.39 is 22.5 Å². The number of hydrogen-bond donors (Lipinski definition) is 2. The van der Waals surface area contributed by atoms with Crippen LogP contribution < -0.4 is 19.7 Å². The lowest BCUT2D eigenvalue weighted by Crippen LogP contribution is -2.38. The fourth-order valence-corrected chi connectivity index (χ4v) is 4.56. The molecule has 0 aromatic heterocycles. The summed E-state index contributed by atoms with van der Waals surface area (Å²) in [6.07, 6.45) is 0. The second-order valence-corrected chi connectivity index (χ2v) is 9.14. The number of methoxy groups -OCH3 is 1. The van der Waals surface area contributed by atoms with Crippen molar-refractivity contribution >= 4 is 38.9 Å². The summed E-state index contributed by atoms with van der Waals surface area (Å²) in [5.41, 5.74) is 2.24. The highest BCUT2D eigenvalue weighted by Gasteiger charge is 2.27. The Labute approximate surface area is 193 Å². The van der Waals surface area contributed by atoms with Gasteiger partial charge in [0, 0.05) is 18.3 Å². The van der Waals surface area contributed by atoms with Gasteiger partial charge in [0.25, 0.3) is 10.0 Å². The van der Waals surface area contributed by atoms with Gasteiger partial charge in [0.1, 0.15) is 12.3 Å². The molecule has 9 heteroatoms. The number of rotatable bonds is 8. The molecule has 0 saturated carbocycles. The van der Waals surface area contributed by atoms with E-state index in [2.05, 4.69) is 10.6 Å². The van der Waals surface area contributed by atoms with Crippen molar-refractivity contribution in [2.45, 2.75) is 18.7 Å². The molecular weight excluding hydrogens is 442 g/mol. The lowest BCUT2D eigenvalue weighted by Gasteiger charge is -2.24. The van der Waals surface area contributed by atoms with Crippen molar-refractivity contribution in [1.29, 1.82) is 0 Å². The molecule has 0 spiro atoms. The van der Waals surface area contributed by atoms with Crippen LogP contribution >= 0.6 is 0 Å². The predicted molar refractivity (Wildman–Crippen MR) is 128 cm³/mol. The molecule has 33 heavy (non-hydrogen) atoms. The number of amides is 2. The maximum Gasteiger partial charge on any atom is 0.264 e. The lowest BCUT2D eigenvalue weighted by molar-refractivity contribution is -0.115. The monoisotopic (exact) mass is 467 g/mol. The number of para-hydroxylation sites is 1. The standard InChI is InChI=1S/C24H25N3O5S/c1-17-6-4-5-7-23(17)26-24(29)16-27(20-10-12-21(32-3)13-11-20)33(30,31)22-14-8-19(9-15-22)25-18(2)28/h4-15H,16H2,1-3H3,(H,25,28)(H,26,29). The number of carbonyl (C=O) groups excluding carboxylic acids is 2. The molecule has 0 saturated heterocycles. The highest BCUT2D eigenvalue weighted by atomic mass is 32.2. The van der Waals surface area contributed by atoms with Gasteiger partial charge in [0.15, 0.2) is 0 Å². The summed E-state index contributed by atoms with van der Waals surface area (Å²) in [5, 5.41) is 5.37. The quantitative estimate of drug-likeness (QED) is 0.524. The second-order valence-electron chi connectivity index (χ2n) is 7.28. The van der Waals surface area contributed by atoms with Crippen molar-refractivity contribution in [2.75, 3.05) is 28.6 Å². The highest BCUT2D eigenvalue weighted by Crippen LogP contribution is 2.27. The number of ether oxygens (including phenoxy) is 1. The van der Waals surface area contributed by atoms with Crippen LogP contribution in [0.4, 0.5) is 17.1 Å². The minimum atomic E-state index is -4.10. The van der Waals surface area contributed by atoms with Gasteiger partial charge in [0.2, 0.25) is 11.8 Å². The predicted octanol–water partition coefficient (Wildman–Crippen LogP) is 3.80. The summed E-state index contributed by atoms with van der Waals surface area (Å²) in [4.78, 5) is 24.1. The third-order valence-corrected chi connectivity index (χ3v) is 6.62. The molecule has 0 unspecified atom stereocenters. The first-order valence-corrected chi connectivity index (χ1v) is 11.5. The third kappa shape index (κ3) is 5.89. The second kappa shape index (κ2) is 10.2. The van der Waals surface area contributed by atoms with Gasteiger partial charge in [0.05, 0.1) is 17.7 Å². The van der Waals surface area contributed by atoms with Gasteiger partial charge in [-0.2, -0.15) is 0 Å². The molecule has 0 aliphatic rings. The van der Waals surface area contributed by atoms with Crippen LogP contribution in [0.2, 0.25) is 0 Å². The minimum Gasteiger partial charge on any atom is -0.497 e. The summed E-state index contributed by atoms with van der Waals surface area (Å²) >= 11 is 0. The molecule has 2 N–H and O–H groups in total. The van der Waals surface area contributed by atoms with E-state index in [9.17, 15) is 18.0 Å². The van der Waals surface area contributed by atoms with Crippen molar-refractivity contribution in [2.24, 2.45) is 0 Å². The molecule has 0 heterocycles. The fraction of sp³-hybridized carbons (Fsp3) is 0.167. The van der Waals surface area contributed by atoms with Crippen LogP contribution in [0, 0.1) is 6.92 Å². The van der Waals surface area contributed by atoms with E-state index in [1.807, 2.05) is 19.1 Å². The number of nitrogens with one attached hydrogen (secondary N) is 2. The zero-order valence-electron chi connectivity index (χ0n) is 18.5. The average Bonchev–Trinajstić information content (AvgIpc) is 2.79. The maximum atomic E-state index is 13.5. The van der Waals surface area contributed by atoms with E-state index >= 15 is 0 Å². The van der Waals surface area contributed by atoms with Gasteiger partial charge in [-0.15, -0.1) is 0 Å². The fourth-order valence-electron chi connectivity index (χ4n) is 3.14. The first-order valence-electron chi connectivity index (χ1n) is 10.1. The Morgan fingerprint density at radius 3 is 2.12 bits per heavy atom. The van der Waals surface area contributed by atoms with Gasteiger partial charge in [-0.1, -0.05) is 18.2 Å². The largest absolute Gasteiger partial charge is 0.497 e. The summed E-state index contributed by atoms with van der Waals surface area (Å²) in [6, 6.07) is 19.4. The Hall–Kier alpha value is -3.85. The van der Waals surface area contributed by atoms with Crippen molar-refractivity contribution in [3.8, 4) is 5.75 Å². The molecule has 0 radical (unpaired) electrons. The van der Waals surface area contributed by atoms with E-state index in [1.165, 1.54) is 38.3 Å². The van der Waals surface area contributed by atoms with Crippen LogP contribution in [0.1, 0.15) is 12.5 Å². The van der Waals surface area contributed by atoms with E-state index in [0.717, 1.165) is 9.87 Å². The normalized spacial score (nSPS) is 10.9. The molecule has 0 aliphatic carbocycles. The van der Waals surface area contributed by atoms with Crippen LogP contribution in [-0.4, -0.2) is 33.9 Å². The number of anilines is 3. The maximum absolute atomic E-state index is 13.5. The van der Waals surface area contributed by atoms with E-state index in [1.54, 1.807) is 36.4 Å². The minimum absolute atomic E-state index is 0.0175. The number of sulfonamides is 1. The van der Waals surface area contributed by atoms with Crippen molar-refractivity contribution in [3.05, 3.63) is 78.4 Å².